The molecule has 1 nitrogen and oxygen atoms in total. The summed E-state index contributed by atoms with van der Waals surface area (Å²) in [5.74, 6) is 0.270. The predicted molar refractivity (Wildman–Crippen MR) is 67.8 cm³/mol. The van der Waals surface area contributed by atoms with E-state index in [2.05, 4.69) is 22.0 Å². The molecule has 0 radical (unpaired) electrons. The molecule has 1 rings (SSSR count). The highest BCUT2D eigenvalue weighted by Crippen LogP contribution is 2.19. The lowest BCUT2D eigenvalue weighted by atomic mass is 10.0. The average molecular weight is 267 g/mol. The molecule has 15 heavy (non-hydrogen) atoms. The molecular weight excluding hydrogens is 252 g/mol. The van der Waals surface area contributed by atoms with Crippen molar-refractivity contribution in [2.75, 3.05) is 0 Å². The van der Waals surface area contributed by atoms with Gasteiger partial charge in [-0.1, -0.05) is 41.9 Å². The maximum absolute atomic E-state index is 10.8. The Morgan fingerprint density at radius 1 is 1.40 bits per heavy atom. The molecule has 0 atom stereocenters. The first-order valence-electron chi connectivity index (χ1n) is 4.97. The van der Waals surface area contributed by atoms with E-state index in [0.29, 0.717) is 0 Å². The summed E-state index contributed by atoms with van der Waals surface area (Å²) in [6, 6.07) is 6.07. The van der Waals surface area contributed by atoms with E-state index >= 15 is 0 Å². The fraction of sp³-hybridized carbons (Fsp3) is 0.308. The molecule has 0 aromatic heterocycles. The van der Waals surface area contributed by atoms with Crippen LogP contribution in [0.2, 0.25) is 0 Å². The van der Waals surface area contributed by atoms with Crippen molar-refractivity contribution in [3.8, 4) is 0 Å². The second-order valence-electron chi connectivity index (χ2n) is 3.93. The minimum atomic E-state index is 0.270. The fourth-order valence-electron chi connectivity index (χ4n) is 1.29. The lowest BCUT2D eigenvalue weighted by Gasteiger charge is -2.05. The smallest absolute Gasteiger partial charge is 0.146 e. The molecule has 0 heterocycles. The van der Waals surface area contributed by atoms with Crippen LogP contribution in [0.1, 0.15) is 25.0 Å². The largest absolute Gasteiger partial charge is 0.298 e. The third kappa shape index (κ3) is 3.31. The van der Waals surface area contributed by atoms with Gasteiger partial charge in [0.05, 0.1) is 0 Å². The average Bonchev–Trinajstić information content (AvgIpc) is 2.19. The highest BCUT2D eigenvalue weighted by Gasteiger charge is 2.02. The van der Waals surface area contributed by atoms with Crippen LogP contribution in [0.15, 0.2) is 28.2 Å². The second-order valence-corrected chi connectivity index (χ2v) is 4.78. The lowest BCUT2D eigenvalue weighted by Crippen LogP contribution is -1.94. The van der Waals surface area contributed by atoms with E-state index < -0.39 is 0 Å². The number of aryl methyl sites for hydroxylation is 1. The van der Waals surface area contributed by atoms with Crippen LogP contribution in [0, 0.1) is 12.8 Å². The van der Waals surface area contributed by atoms with Crippen LogP contribution in [-0.4, -0.2) is 6.29 Å². The number of benzene rings is 1. The van der Waals surface area contributed by atoms with Gasteiger partial charge in [0.1, 0.15) is 6.29 Å². The predicted octanol–water partition coefficient (Wildman–Crippen LogP) is 4.00. The van der Waals surface area contributed by atoms with Gasteiger partial charge in [-0.2, -0.15) is 0 Å². The topological polar surface area (TPSA) is 17.1 Å². The first-order valence-corrected chi connectivity index (χ1v) is 5.77. The van der Waals surface area contributed by atoms with Crippen LogP contribution >= 0.6 is 15.9 Å². The van der Waals surface area contributed by atoms with Crippen molar-refractivity contribution in [2.45, 2.75) is 20.8 Å². The van der Waals surface area contributed by atoms with E-state index in [1.165, 1.54) is 5.56 Å². The number of allylic oxidation sites excluding steroid dienone is 1. The summed E-state index contributed by atoms with van der Waals surface area (Å²) in [4.78, 5) is 10.8. The van der Waals surface area contributed by atoms with E-state index in [1.807, 2.05) is 39.0 Å². The minimum Gasteiger partial charge on any atom is -0.298 e. The zero-order chi connectivity index (χ0) is 11.4. The van der Waals surface area contributed by atoms with Gasteiger partial charge in [0.15, 0.2) is 0 Å². The van der Waals surface area contributed by atoms with Gasteiger partial charge in [0.25, 0.3) is 0 Å². The first-order chi connectivity index (χ1) is 7.04. The van der Waals surface area contributed by atoms with Crippen molar-refractivity contribution in [1.29, 1.82) is 0 Å². The molecule has 0 spiro atoms. The van der Waals surface area contributed by atoms with Crippen LogP contribution in [0.3, 0.4) is 0 Å². The molecule has 0 aliphatic carbocycles. The molecule has 2 heteroatoms. The molecule has 0 unspecified atom stereocenters. The van der Waals surface area contributed by atoms with Crippen LogP contribution in [0.25, 0.3) is 6.08 Å². The number of halogens is 1. The molecule has 0 aliphatic rings. The van der Waals surface area contributed by atoms with E-state index in [4.69, 9.17) is 0 Å². The second kappa shape index (κ2) is 5.26. The SMILES string of the molecule is Cc1cc(/C=C(\C=O)C(C)C)ccc1Br. The molecule has 0 bridgehead atoms. The first kappa shape index (κ1) is 12.2. The summed E-state index contributed by atoms with van der Waals surface area (Å²) < 4.78 is 1.09. The van der Waals surface area contributed by atoms with Crippen molar-refractivity contribution in [3.05, 3.63) is 39.4 Å². The molecule has 0 fully saturated rings. The van der Waals surface area contributed by atoms with Crippen molar-refractivity contribution in [2.24, 2.45) is 5.92 Å². The Balaban J connectivity index is 3.07. The van der Waals surface area contributed by atoms with Crippen LogP contribution < -0.4 is 0 Å². The molecule has 0 N–H and O–H groups in total. The number of hydrogen-bond acceptors (Lipinski definition) is 1. The summed E-state index contributed by atoms with van der Waals surface area (Å²) in [7, 11) is 0. The third-order valence-corrected chi connectivity index (χ3v) is 3.21. The third-order valence-electron chi connectivity index (χ3n) is 2.32. The molecule has 0 saturated heterocycles. The number of aldehydes is 1. The monoisotopic (exact) mass is 266 g/mol. The molecule has 0 amide bonds. The summed E-state index contributed by atoms with van der Waals surface area (Å²) in [5, 5.41) is 0. The Bertz CT molecular complexity index is 392. The Morgan fingerprint density at radius 3 is 2.53 bits per heavy atom. The maximum atomic E-state index is 10.8. The molecule has 1 aromatic carbocycles. The molecule has 1 aromatic rings. The summed E-state index contributed by atoms with van der Waals surface area (Å²) in [5.41, 5.74) is 3.08. The standard InChI is InChI=1S/C13H15BrO/c1-9(2)12(8-15)7-11-4-5-13(14)10(3)6-11/h4-9H,1-3H3/b12-7+. The number of rotatable bonds is 3. The Kier molecular flexibility index (Phi) is 4.28. The number of hydrogen-bond donors (Lipinski definition) is 0. The van der Waals surface area contributed by atoms with Gasteiger partial charge in [-0.05, 0) is 41.7 Å². The van der Waals surface area contributed by atoms with Crippen LogP contribution in [0.4, 0.5) is 0 Å². The Labute approximate surface area is 99.3 Å². The zero-order valence-corrected chi connectivity index (χ0v) is 10.8. The van der Waals surface area contributed by atoms with E-state index in [9.17, 15) is 4.79 Å². The highest BCUT2D eigenvalue weighted by molar-refractivity contribution is 9.10. The van der Waals surface area contributed by atoms with Gasteiger partial charge in [0.2, 0.25) is 0 Å². The number of carbonyl (C=O) groups is 1. The van der Waals surface area contributed by atoms with Gasteiger partial charge < -0.3 is 0 Å². The highest BCUT2D eigenvalue weighted by atomic mass is 79.9. The van der Waals surface area contributed by atoms with Gasteiger partial charge >= 0.3 is 0 Å². The van der Waals surface area contributed by atoms with Crippen molar-refractivity contribution in [3.63, 3.8) is 0 Å². The lowest BCUT2D eigenvalue weighted by molar-refractivity contribution is -0.105. The summed E-state index contributed by atoms with van der Waals surface area (Å²) in [6.45, 7) is 6.08. The normalized spacial score (nSPS) is 11.9. The number of carbonyl (C=O) groups excluding carboxylic acids is 1. The van der Waals surface area contributed by atoms with Crippen LogP contribution in [-0.2, 0) is 4.79 Å². The Hall–Kier alpha value is -0.890. The van der Waals surface area contributed by atoms with Crippen molar-refractivity contribution < 1.29 is 4.79 Å². The van der Waals surface area contributed by atoms with E-state index in [1.54, 1.807) is 0 Å². The van der Waals surface area contributed by atoms with Gasteiger partial charge in [-0.3, -0.25) is 4.79 Å². The fourth-order valence-corrected chi connectivity index (χ4v) is 1.53. The van der Waals surface area contributed by atoms with Gasteiger partial charge in [-0.25, -0.2) is 0 Å². The van der Waals surface area contributed by atoms with Crippen molar-refractivity contribution in [1.82, 2.24) is 0 Å². The molecule has 0 aliphatic heterocycles. The minimum absolute atomic E-state index is 0.270. The van der Waals surface area contributed by atoms with Gasteiger partial charge in [-0.15, -0.1) is 0 Å². The zero-order valence-electron chi connectivity index (χ0n) is 9.25. The Morgan fingerprint density at radius 2 is 2.07 bits per heavy atom. The van der Waals surface area contributed by atoms with E-state index in [0.717, 1.165) is 21.9 Å². The van der Waals surface area contributed by atoms with Gasteiger partial charge in [0, 0.05) is 4.47 Å². The molecule has 80 valence electrons. The van der Waals surface area contributed by atoms with E-state index in [-0.39, 0.29) is 5.92 Å². The maximum Gasteiger partial charge on any atom is 0.146 e. The van der Waals surface area contributed by atoms with Crippen molar-refractivity contribution >= 4 is 28.3 Å². The molecule has 0 saturated carbocycles. The van der Waals surface area contributed by atoms with Crippen LogP contribution in [0.5, 0.6) is 0 Å². The molecular formula is C13H15BrO. The summed E-state index contributed by atoms with van der Waals surface area (Å²) >= 11 is 3.45. The quantitative estimate of drug-likeness (QED) is 0.597. The summed E-state index contributed by atoms with van der Waals surface area (Å²) in [6.07, 6.45) is 2.87.